The average molecular weight is 351 g/mol. The molecule has 0 spiro atoms. The van der Waals surface area contributed by atoms with Crippen molar-refractivity contribution in [3.8, 4) is 0 Å². The molecule has 2 aromatic rings. The summed E-state index contributed by atoms with van der Waals surface area (Å²) in [5, 5.41) is 3.08. The van der Waals surface area contributed by atoms with Gasteiger partial charge in [-0.1, -0.05) is 60.7 Å². The molecule has 138 valence electrons. The number of nitrogens with one attached hydrogen (secondary N) is 1. The summed E-state index contributed by atoms with van der Waals surface area (Å²) in [6.07, 6.45) is 2.62. The summed E-state index contributed by atoms with van der Waals surface area (Å²) in [5.41, 5.74) is 8.51. The first-order chi connectivity index (χ1) is 12.7. The number of piperidine rings is 1. The highest BCUT2D eigenvalue weighted by Gasteiger charge is 2.20. The monoisotopic (exact) mass is 351 g/mol. The number of nitrogens with two attached hydrogens (primary N) is 1. The Morgan fingerprint density at radius 2 is 1.65 bits per heavy atom. The lowest BCUT2D eigenvalue weighted by atomic mass is 9.96. The average Bonchev–Trinajstić information content (AvgIpc) is 2.69. The quantitative estimate of drug-likeness (QED) is 0.806. The van der Waals surface area contributed by atoms with Gasteiger partial charge in [0.1, 0.15) is 0 Å². The molecule has 0 aromatic heterocycles. The van der Waals surface area contributed by atoms with Gasteiger partial charge < -0.3 is 11.1 Å². The molecule has 0 radical (unpaired) electrons. The fraction of sp³-hybridized carbons (Fsp3) is 0.409. The second-order valence-corrected chi connectivity index (χ2v) is 7.23. The van der Waals surface area contributed by atoms with Crippen molar-refractivity contribution in [3.05, 3.63) is 71.8 Å². The molecular weight excluding hydrogens is 322 g/mol. The van der Waals surface area contributed by atoms with Crippen LogP contribution in [-0.2, 0) is 11.3 Å². The van der Waals surface area contributed by atoms with Gasteiger partial charge in [-0.25, -0.2) is 0 Å². The van der Waals surface area contributed by atoms with Crippen LogP contribution in [0, 0.1) is 5.92 Å². The molecule has 26 heavy (non-hydrogen) atoms. The van der Waals surface area contributed by atoms with E-state index in [2.05, 4.69) is 40.5 Å². The van der Waals surface area contributed by atoms with E-state index in [4.69, 9.17) is 5.73 Å². The van der Waals surface area contributed by atoms with Crippen molar-refractivity contribution in [1.29, 1.82) is 0 Å². The van der Waals surface area contributed by atoms with Crippen molar-refractivity contribution >= 4 is 5.91 Å². The van der Waals surface area contributed by atoms with E-state index in [1.165, 1.54) is 5.56 Å². The van der Waals surface area contributed by atoms with E-state index in [0.29, 0.717) is 12.3 Å². The van der Waals surface area contributed by atoms with Gasteiger partial charge in [-0.3, -0.25) is 9.69 Å². The van der Waals surface area contributed by atoms with Gasteiger partial charge >= 0.3 is 0 Å². The van der Waals surface area contributed by atoms with Crippen LogP contribution in [0.15, 0.2) is 60.7 Å². The van der Waals surface area contributed by atoms with E-state index in [0.717, 1.165) is 44.6 Å². The van der Waals surface area contributed by atoms with Gasteiger partial charge in [0.05, 0.1) is 0 Å². The molecule has 3 rings (SSSR count). The largest absolute Gasteiger partial charge is 0.356 e. The molecule has 4 heteroatoms. The van der Waals surface area contributed by atoms with Crippen LogP contribution in [0.4, 0.5) is 0 Å². The molecule has 1 heterocycles. The van der Waals surface area contributed by atoms with Crippen LogP contribution in [0.5, 0.6) is 0 Å². The molecule has 4 nitrogen and oxygen atoms in total. The maximum absolute atomic E-state index is 12.2. The number of benzene rings is 2. The Labute approximate surface area is 156 Å². The summed E-state index contributed by atoms with van der Waals surface area (Å²) in [4.78, 5) is 14.7. The number of carbonyl (C=O) groups excluding carboxylic acids is 1. The van der Waals surface area contributed by atoms with E-state index in [1.54, 1.807) is 0 Å². The van der Waals surface area contributed by atoms with E-state index < -0.39 is 0 Å². The molecule has 1 amide bonds. The lowest BCUT2D eigenvalue weighted by Gasteiger charge is -2.32. The number of hydrogen-bond acceptors (Lipinski definition) is 3. The van der Waals surface area contributed by atoms with Crippen LogP contribution in [-0.4, -0.2) is 30.4 Å². The summed E-state index contributed by atoms with van der Waals surface area (Å²) in [5.74, 6) is 0.618. The minimum atomic E-state index is -0.232. The van der Waals surface area contributed by atoms with Crippen molar-refractivity contribution in [3.63, 3.8) is 0 Å². The van der Waals surface area contributed by atoms with Gasteiger partial charge in [-0.2, -0.15) is 0 Å². The Morgan fingerprint density at radius 1 is 1.04 bits per heavy atom. The minimum absolute atomic E-state index is 0.0491. The zero-order valence-corrected chi connectivity index (χ0v) is 15.3. The molecule has 0 saturated carbocycles. The third-order valence-electron chi connectivity index (χ3n) is 5.18. The van der Waals surface area contributed by atoms with Gasteiger partial charge in [0.15, 0.2) is 0 Å². The fourth-order valence-corrected chi connectivity index (χ4v) is 3.54. The maximum atomic E-state index is 12.2. The first-order valence-corrected chi connectivity index (χ1v) is 9.54. The molecule has 1 aliphatic heterocycles. The van der Waals surface area contributed by atoms with Crippen molar-refractivity contribution < 1.29 is 4.79 Å². The third kappa shape index (κ3) is 5.68. The van der Waals surface area contributed by atoms with E-state index in [9.17, 15) is 4.79 Å². The number of nitrogens with zero attached hydrogens (tertiary/aromatic N) is 1. The third-order valence-corrected chi connectivity index (χ3v) is 5.18. The molecule has 0 bridgehead atoms. The summed E-state index contributed by atoms with van der Waals surface area (Å²) >= 11 is 0. The first-order valence-electron chi connectivity index (χ1n) is 9.54. The number of likely N-dealkylation sites (tertiary alicyclic amines) is 1. The molecule has 1 unspecified atom stereocenters. The highest BCUT2D eigenvalue weighted by Crippen LogP contribution is 2.19. The summed E-state index contributed by atoms with van der Waals surface area (Å²) in [6, 6.07) is 20.2. The van der Waals surface area contributed by atoms with Gasteiger partial charge in [-0.15, -0.1) is 0 Å². The predicted molar refractivity (Wildman–Crippen MR) is 105 cm³/mol. The van der Waals surface area contributed by atoms with Gasteiger partial charge in [0.25, 0.3) is 0 Å². The molecule has 0 aliphatic carbocycles. The highest BCUT2D eigenvalue weighted by molar-refractivity contribution is 5.76. The van der Waals surface area contributed by atoms with Crippen LogP contribution < -0.4 is 11.1 Å². The van der Waals surface area contributed by atoms with Crippen molar-refractivity contribution in [1.82, 2.24) is 10.2 Å². The first kappa shape index (κ1) is 18.6. The molecular formula is C22H29N3O. The lowest BCUT2D eigenvalue weighted by molar-refractivity contribution is -0.121. The van der Waals surface area contributed by atoms with E-state index in [-0.39, 0.29) is 11.9 Å². The van der Waals surface area contributed by atoms with Crippen molar-refractivity contribution in [2.45, 2.75) is 31.8 Å². The normalized spacial score (nSPS) is 17.0. The Morgan fingerprint density at radius 3 is 2.31 bits per heavy atom. The molecule has 2 aromatic carbocycles. The van der Waals surface area contributed by atoms with E-state index >= 15 is 0 Å². The zero-order chi connectivity index (χ0) is 18.2. The molecule has 1 atom stereocenters. The minimum Gasteiger partial charge on any atom is -0.356 e. The second-order valence-electron chi connectivity index (χ2n) is 7.23. The Bertz CT molecular complexity index is 666. The summed E-state index contributed by atoms with van der Waals surface area (Å²) in [7, 11) is 0. The SMILES string of the molecule is NC(CC(=O)NCC1CCN(Cc2ccccc2)CC1)c1ccccc1. The van der Waals surface area contributed by atoms with Crippen LogP contribution in [0.3, 0.4) is 0 Å². The van der Waals surface area contributed by atoms with E-state index in [1.807, 2.05) is 30.3 Å². The smallest absolute Gasteiger partial charge is 0.221 e. The maximum Gasteiger partial charge on any atom is 0.221 e. The fourth-order valence-electron chi connectivity index (χ4n) is 3.54. The predicted octanol–water partition coefficient (Wildman–Crippen LogP) is 3.10. The molecule has 1 fully saturated rings. The standard InChI is InChI=1S/C22H29N3O/c23-21(20-9-5-2-6-10-20)15-22(26)24-16-18-11-13-25(14-12-18)17-19-7-3-1-4-8-19/h1-10,18,21H,11-17,23H2,(H,24,26). The van der Waals surface area contributed by atoms with Gasteiger partial charge in [0, 0.05) is 25.6 Å². The summed E-state index contributed by atoms with van der Waals surface area (Å²) in [6.45, 7) is 3.98. The molecule has 1 saturated heterocycles. The zero-order valence-electron chi connectivity index (χ0n) is 15.3. The Hall–Kier alpha value is -2.17. The molecule has 3 N–H and O–H groups in total. The number of carbonyl (C=O) groups is 1. The van der Waals surface area contributed by atoms with Gasteiger partial charge in [0.2, 0.25) is 5.91 Å². The van der Waals surface area contributed by atoms with Crippen molar-refractivity contribution in [2.24, 2.45) is 11.7 Å². The highest BCUT2D eigenvalue weighted by atomic mass is 16.1. The topological polar surface area (TPSA) is 58.4 Å². The van der Waals surface area contributed by atoms with Crippen LogP contribution >= 0.6 is 0 Å². The van der Waals surface area contributed by atoms with Crippen LogP contribution in [0.25, 0.3) is 0 Å². The number of hydrogen-bond donors (Lipinski definition) is 2. The van der Waals surface area contributed by atoms with Crippen LogP contribution in [0.1, 0.15) is 36.4 Å². The Kier molecular flexibility index (Phi) is 6.81. The lowest BCUT2D eigenvalue weighted by Crippen LogP contribution is -2.38. The van der Waals surface area contributed by atoms with Gasteiger partial charge in [-0.05, 0) is 43.0 Å². The van der Waals surface area contributed by atoms with Crippen molar-refractivity contribution in [2.75, 3.05) is 19.6 Å². The van der Waals surface area contributed by atoms with Crippen LogP contribution in [0.2, 0.25) is 0 Å². The Balaban J connectivity index is 1.35. The second kappa shape index (κ2) is 9.51. The number of amides is 1. The number of rotatable bonds is 7. The summed E-state index contributed by atoms with van der Waals surface area (Å²) < 4.78 is 0. The molecule has 1 aliphatic rings.